The SMILES string of the molecule is CCS(=O)(=O)N1CCN(CC(=O)Nc2ccccc2C(=O)Nc2ccccc2)CC1. The Labute approximate surface area is 176 Å². The van der Waals surface area contributed by atoms with E-state index in [4.69, 9.17) is 0 Å². The van der Waals surface area contributed by atoms with Crippen LogP contribution in [0.5, 0.6) is 0 Å². The fourth-order valence-electron chi connectivity index (χ4n) is 3.25. The van der Waals surface area contributed by atoms with E-state index in [9.17, 15) is 18.0 Å². The van der Waals surface area contributed by atoms with Crippen molar-refractivity contribution in [2.45, 2.75) is 6.92 Å². The summed E-state index contributed by atoms with van der Waals surface area (Å²) in [6.45, 7) is 3.49. The second kappa shape index (κ2) is 9.84. The molecule has 160 valence electrons. The molecule has 2 N–H and O–H groups in total. The van der Waals surface area contributed by atoms with Crippen LogP contribution in [0, 0.1) is 0 Å². The van der Waals surface area contributed by atoms with Gasteiger partial charge in [-0.3, -0.25) is 14.5 Å². The average Bonchev–Trinajstić information content (AvgIpc) is 2.75. The Morgan fingerprint density at radius 1 is 0.900 bits per heavy atom. The van der Waals surface area contributed by atoms with Crippen LogP contribution in [0.1, 0.15) is 17.3 Å². The van der Waals surface area contributed by atoms with Crippen LogP contribution in [0.15, 0.2) is 54.6 Å². The van der Waals surface area contributed by atoms with Crippen molar-refractivity contribution in [3.8, 4) is 0 Å². The van der Waals surface area contributed by atoms with E-state index in [0.717, 1.165) is 0 Å². The number of hydrogen-bond acceptors (Lipinski definition) is 5. The second-order valence-electron chi connectivity index (χ2n) is 6.99. The van der Waals surface area contributed by atoms with E-state index in [0.29, 0.717) is 43.1 Å². The van der Waals surface area contributed by atoms with Gasteiger partial charge < -0.3 is 10.6 Å². The van der Waals surface area contributed by atoms with Gasteiger partial charge in [0.25, 0.3) is 5.91 Å². The zero-order valence-electron chi connectivity index (χ0n) is 16.9. The molecule has 1 aliphatic rings. The molecule has 8 nitrogen and oxygen atoms in total. The summed E-state index contributed by atoms with van der Waals surface area (Å²) in [6.07, 6.45) is 0. The first kappa shape index (κ1) is 21.9. The summed E-state index contributed by atoms with van der Waals surface area (Å²) < 4.78 is 25.4. The third-order valence-corrected chi connectivity index (χ3v) is 6.82. The van der Waals surface area contributed by atoms with Crippen molar-refractivity contribution in [2.75, 3.05) is 49.1 Å². The minimum Gasteiger partial charge on any atom is -0.324 e. The normalized spacial score (nSPS) is 15.5. The monoisotopic (exact) mass is 430 g/mol. The maximum absolute atomic E-state index is 12.6. The Kier molecular flexibility index (Phi) is 7.20. The second-order valence-corrected chi connectivity index (χ2v) is 9.25. The van der Waals surface area contributed by atoms with Crippen molar-refractivity contribution < 1.29 is 18.0 Å². The highest BCUT2D eigenvalue weighted by Gasteiger charge is 2.26. The Morgan fingerprint density at radius 3 is 2.20 bits per heavy atom. The molecule has 0 saturated carbocycles. The molecule has 0 spiro atoms. The Bertz CT molecular complexity index is 987. The number of nitrogens with zero attached hydrogens (tertiary/aromatic N) is 2. The van der Waals surface area contributed by atoms with Gasteiger partial charge >= 0.3 is 0 Å². The summed E-state index contributed by atoms with van der Waals surface area (Å²) in [5.74, 6) is -0.479. The minimum absolute atomic E-state index is 0.0787. The molecule has 2 aromatic rings. The number of hydrogen-bond donors (Lipinski definition) is 2. The van der Waals surface area contributed by atoms with E-state index < -0.39 is 10.0 Å². The molecule has 0 bridgehead atoms. The minimum atomic E-state index is -3.20. The van der Waals surface area contributed by atoms with Crippen LogP contribution in [-0.2, 0) is 14.8 Å². The number of para-hydroxylation sites is 2. The van der Waals surface area contributed by atoms with Gasteiger partial charge in [0.15, 0.2) is 0 Å². The number of piperazine rings is 1. The molecular formula is C21H26N4O4S. The van der Waals surface area contributed by atoms with Crippen LogP contribution in [0.2, 0.25) is 0 Å². The summed E-state index contributed by atoms with van der Waals surface area (Å²) >= 11 is 0. The fraction of sp³-hybridized carbons (Fsp3) is 0.333. The molecular weight excluding hydrogens is 404 g/mol. The molecule has 30 heavy (non-hydrogen) atoms. The predicted molar refractivity (Wildman–Crippen MR) is 117 cm³/mol. The lowest BCUT2D eigenvalue weighted by Crippen LogP contribution is -2.50. The molecule has 1 heterocycles. The number of carbonyl (C=O) groups excluding carboxylic acids is 2. The molecule has 2 aromatic carbocycles. The quantitative estimate of drug-likeness (QED) is 0.698. The van der Waals surface area contributed by atoms with Gasteiger partial charge in [-0.2, -0.15) is 4.31 Å². The molecule has 0 atom stereocenters. The van der Waals surface area contributed by atoms with E-state index in [2.05, 4.69) is 10.6 Å². The zero-order chi connectivity index (χ0) is 21.6. The van der Waals surface area contributed by atoms with E-state index in [1.165, 1.54) is 4.31 Å². The highest BCUT2D eigenvalue weighted by molar-refractivity contribution is 7.89. The van der Waals surface area contributed by atoms with Crippen molar-refractivity contribution in [2.24, 2.45) is 0 Å². The van der Waals surface area contributed by atoms with Gasteiger partial charge in [0, 0.05) is 31.9 Å². The highest BCUT2D eigenvalue weighted by atomic mass is 32.2. The molecule has 1 saturated heterocycles. The molecule has 3 rings (SSSR count). The predicted octanol–water partition coefficient (Wildman–Crippen LogP) is 1.84. The Balaban J connectivity index is 1.58. The van der Waals surface area contributed by atoms with E-state index in [1.54, 1.807) is 43.3 Å². The van der Waals surface area contributed by atoms with Gasteiger partial charge in [0.2, 0.25) is 15.9 Å². The zero-order valence-corrected chi connectivity index (χ0v) is 17.7. The number of nitrogens with one attached hydrogen (secondary N) is 2. The summed E-state index contributed by atoms with van der Waals surface area (Å²) in [4.78, 5) is 27.1. The Hall–Kier alpha value is -2.75. The summed E-state index contributed by atoms with van der Waals surface area (Å²) in [5, 5.41) is 5.62. The molecule has 1 aliphatic heterocycles. The van der Waals surface area contributed by atoms with Gasteiger partial charge in [-0.25, -0.2) is 8.42 Å². The summed E-state index contributed by atoms with van der Waals surface area (Å²) in [7, 11) is -3.20. The third kappa shape index (κ3) is 5.65. The van der Waals surface area contributed by atoms with Crippen LogP contribution in [0.4, 0.5) is 11.4 Å². The molecule has 0 aliphatic carbocycles. The van der Waals surface area contributed by atoms with Gasteiger partial charge in [-0.05, 0) is 31.2 Å². The Morgan fingerprint density at radius 2 is 1.53 bits per heavy atom. The van der Waals surface area contributed by atoms with Crippen molar-refractivity contribution in [3.63, 3.8) is 0 Å². The third-order valence-electron chi connectivity index (χ3n) is 4.93. The van der Waals surface area contributed by atoms with Crippen LogP contribution in [0.25, 0.3) is 0 Å². The molecule has 9 heteroatoms. The number of amides is 2. The smallest absolute Gasteiger partial charge is 0.257 e. The van der Waals surface area contributed by atoms with Crippen molar-refractivity contribution in [3.05, 3.63) is 60.2 Å². The van der Waals surface area contributed by atoms with Crippen LogP contribution in [0.3, 0.4) is 0 Å². The standard InChI is InChI=1S/C21H26N4O4S/c1-2-30(28,29)25-14-12-24(13-15-25)16-20(26)23-19-11-7-6-10-18(19)21(27)22-17-8-4-3-5-9-17/h3-11H,2,12-16H2,1H3,(H,22,27)(H,23,26). The maximum atomic E-state index is 12.6. The molecule has 0 unspecified atom stereocenters. The average molecular weight is 431 g/mol. The largest absolute Gasteiger partial charge is 0.324 e. The first-order chi connectivity index (χ1) is 14.4. The lowest BCUT2D eigenvalue weighted by atomic mass is 10.1. The van der Waals surface area contributed by atoms with Gasteiger partial charge in [-0.15, -0.1) is 0 Å². The molecule has 2 amide bonds. The number of benzene rings is 2. The maximum Gasteiger partial charge on any atom is 0.257 e. The van der Waals surface area contributed by atoms with Crippen molar-refractivity contribution >= 4 is 33.2 Å². The number of anilines is 2. The van der Waals surface area contributed by atoms with E-state index in [-0.39, 0.29) is 24.1 Å². The van der Waals surface area contributed by atoms with E-state index >= 15 is 0 Å². The number of rotatable bonds is 7. The molecule has 0 radical (unpaired) electrons. The van der Waals surface area contributed by atoms with Crippen molar-refractivity contribution in [1.29, 1.82) is 0 Å². The van der Waals surface area contributed by atoms with Crippen LogP contribution in [-0.4, -0.2) is 67.9 Å². The first-order valence-corrected chi connectivity index (χ1v) is 11.5. The van der Waals surface area contributed by atoms with Gasteiger partial charge in [-0.1, -0.05) is 30.3 Å². The first-order valence-electron chi connectivity index (χ1n) is 9.84. The number of carbonyl (C=O) groups is 2. The highest BCUT2D eigenvalue weighted by Crippen LogP contribution is 2.18. The lowest BCUT2D eigenvalue weighted by molar-refractivity contribution is -0.117. The molecule has 1 fully saturated rings. The van der Waals surface area contributed by atoms with Gasteiger partial charge in [0.1, 0.15) is 0 Å². The lowest BCUT2D eigenvalue weighted by Gasteiger charge is -2.33. The van der Waals surface area contributed by atoms with Crippen molar-refractivity contribution in [1.82, 2.24) is 9.21 Å². The van der Waals surface area contributed by atoms with Crippen LogP contribution >= 0.6 is 0 Å². The van der Waals surface area contributed by atoms with E-state index in [1.807, 2.05) is 23.1 Å². The molecule has 0 aromatic heterocycles. The topological polar surface area (TPSA) is 98.8 Å². The fourth-order valence-corrected chi connectivity index (χ4v) is 4.34. The summed E-state index contributed by atoms with van der Waals surface area (Å²) in [6, 6.07) is 15.9. The number of sulfonamides is 1. The van der Waals surface area contributed by atoms with Crippen LogP contribution < -0.4 is 10.6 Å². The summed E-state index contributed by atoms with van der Waals surface area (Å²) in [5.41, 5.74) is 1.47. The van der Waals surface area contributed by atoms with Gasteiger partial charge in [0.05, 0.1) is 23.5 Å².